The third kappa shape index (κ3) is 6.33. The second-order valence-electron chi connectivity index (χ2n) is 6.86. The molecule has 6 nitrogen and oxygen atoms in total. The molecule has 0 bridgehead atoms. The van der Waals surface area contributed by atoms with Crippen molar-refractivity contribution in [1.82, 2.24) is 20.9 Å². The molecule has 1 amide bonds. The first kappa shape index (κ1) is 20.2. The lowest BCUT2D eigenvalue weighted by Gasteiger charge is -2.17. The van der Waals surface area contributed by atoms with Crippen molar-refractivity contribution in [3.63, 3.8) is 0 Å². The first-order valence-electron chi connectivity index (χ1n) is 9.64. The van der Waals surface area contributed by atoms with Gasteiger partial charge in [-0.3, -0.25) is 9.79 Å². The number of benzene rings is 1. The van der Waals surface area contributed by atoms with Gasteiger partial charge in [0.15, 0.2) is 5.96 Å². The number of aliphatic imine (C=N–C) groups is 1. The molecular formula is C20H33N5O. The van der Waals surface area contributed by atoms with Crippen LogP contribution in [-0.2, 0) is 6.42 Å². The summed E-state index contributed by atoms with van der Waals surface area (Å²) in [6, 6.07) is 7.75. The third-order valence-corrected chi connectivity index (χ3v) is 4.81. The normalized spacial score (nSPS) is 18.0. The molecule has 1 aliphatic rings. The van der Waals surface area contributed by atoms with Crippen LogP contribution in [0, 0.1) is 5.92 Å². The van der Waals surface area contributed by atoms with E-state index in [0.29, 0.717) is 11.5 Å². The Morgan fingerprint density at radius 3 is 2.92 bits per heavy atom. The lowest BCUT2D eigenvalue weighted by Crippen LogP contribution is -2.41. The summed E-state index contributed by atoms with van der Waals surface area (Å²) in [5, 5.41) is 9.47. The maximum Gasteiger partial charge on any atom is 0.251 e. The van der Waals surface area contributed by atoms with Gasteiger partial charge in [-0.2, -0.15) is 0 Å². The number of nitrogens with zero attached hydrogens (tertiary/aromatic N) is 2. The van der Waals surface area contributed by atoms with E-state index in [1.807, 2.05) is 24.3 Å². The van der Waals surface area contributed by atoms with Crippen molar-refractivity contribution in [2.75, 3.05) is 46.8 Å². The fourth-order valence-electron chi connectivity index (χ4n) is 3.40. The topological polar surface area (TPSA) is 68.8 Å². The van der Waals surface area contributed by atoms with E-state index < -0.39 is 0 Å². The fraction of sp³-hybridized carbons (Fsp3) is 0.600. The first-order chi connectivity index (χ1) is 12.7. The quantitative estimate of drug-likeness (QED) is 0.486. The minimum atomic E-state index is -0.0500. The number of carbonyl (C=O) groups excluding carboxylic acids is 1. The molecule has 1 aromatic rings. The number of amides is 1. The van der Waals surface area contributed by atoms with Gasteiger partial charge in [0, 0.05) is 39.3 Å². The average Bonchev–Trinajstić information content (AvgIpc) is 3.12. The predicted octanol–water partition coefficient (Wildman–Crippen LogP) is 1.49. The molecule has 0 saturated carbocycles. The second kappa shape index (κ2) is 10.8. The van der Waals surface area contributed by atoms with Crippen LogP contribution in [-0.4, -0.2) is 63.6 Å². The Morgan fingerprint density at radius 1 is 1.35 bits per heavy atom. The Hall–Kier alpha value is -2.08. The van der Waals surface area contributed by atoms with Crippen LogP contribution >= 0.6 is 0 Å². The summed E-state index contributed by atoms with van der Waals surface area (Å²) >= 11 is 0. The van der Waals surface area contributed by atoms with Gasteiger partial charge in [-0.15, -0.1) is 0 Å². The van der Waals surface area contributed by atoms with Crippen molar-refractivity contribution in [2.45, 2.75) is 26.2 Å². The molecule has 26 heavy (non-hydrogen) atoms. The lowest BCUT2D eigenvalue weighted by molar-refractivity contribution is 0.0963. The number of hydrogen-bond donors (Lipinski definition) is 3. The zero-order valence-electron chi connectivity index (χ0n) is 16.3. The highest BCUT2D eigenvalue weighted by molar-refractivity contribution is 5.94. The van der Waals surface area contributed by atoms with E-state index in [0.717, 1.165) is 31.0 Å². The summed E-state index contributed by atoms with van der Waals surface area (Å²) in [5.74, 6) is 1.50. The number of likely N-dealkylation sites (tertiary alicyclic amines) is 1. The highest BCUT2D eigenvalue weighted by atomic mass is 16.1. The van der Waals surface area contributed by atoms with E-state index in [9.17, 15) is 4.79 Å². The van der Waals surface area contributed by atoms with Crippen molar-refractivity contribution in [1.29, 1.82) is 0 Å². The molecule has 1 unspecified atom stereocenters. The van der Waals surface area contributed by atoms with Crippen LogP contribution in [0.15, 0.2) is 29.3 Å². The maximum absolute atomic E-state index is 11.7. The molecule has 0 radical (unpaired) electrons. The van der Waals surface area contributed by atoms with E-state index in [1.165, 1.54) is 32.5 Å². The van der Waals surface area contributed by atoms with Gasteiger partial charge in [0.05, 0.1) is 0 Å². The lowest BCUT2D eigenvalue weighted by atomic mass is 10.1. The van der Waals surface area contributed by atoms with Crippen LogP contribution < -0.4 is 16.0 Å². The van der Waals surface area contributed by atoms with Crippen LogP contribution in [0.25, 0.3) is 0 Å². The average molecular weight is 360 g/mol. The van der Waals surface area contributed by atoms with E-state index in [2.05, 4.69) is 32.8 Å². The zero-order chi connectivity index (χ0) is 18.8. The molecule has 1 heterocycles. The van der Waals surface area contributed by atoms with Crippen LogP contribution in [0.4, 0.5) is 0 Å². The summed E-state index contributed by atoms with van der Waals surface area (Å²) < 4.78 is 0. The monoisotopic (exact) mass is 359 g/mol. The Bertz CT molecular complexity index is 602. The summed E-state index contributed by atoms with van der Waals surface area (Å²) in [4.78, 5) is 18.6. The summed E-state index contributed by atoms with van der Waals surface area (Å²) in [6.07, 6.45) is 3.33. The van der Waals surface area contributed by atoms with Gasteiger partial charge in [-0.05, 0) is 56.0 Å². The largest absolute Gasteiger partial charge is 0.356 e. The molecule has 0 aliphatic carbocycles. The molecule has 0 spiro atoms. The van der Waals surface area contributed by atoms with E-state index in [-0.39, 0.29) is 5.91 Å². The highest BCUT2D eigenvalue weighted by Crippen LogP contribution is 2.15. The summed E-state index contributed by atoms with van der Waals surface area (Å²) in [7, 11) is 3.46. The van der Waals surface area contributed by atoms with Gasteiger partial charge in [0.1, 0.15) is 0 Å². The fourth-order valence-corrected chi connectivity index (χ4v) is 3.40. The first-order valence-corrected chi connectivity index (χ1v) is 9.64. The Balaban J connectivity index is 1.71. The minimum absolute atomic E-state index is 0.0500. The molecule has 1 saturated heterocycles. The van der Waals surface area contributed by atoms with Crippen molar-refractivity contribution >= 4 is 11.9 Å². The van der Waals surface area contributed by atoms with Crippen molar-refractivity contribution in [2.24, 2.45) is 10.9 Å². The smallest absolute Gasteiger partial charge is 0.251 e. The van der Waals surface area contributed by atoms with Crippen LogP contribution in [0.3, 0.4) is 0 Å². The van der Waals surface area contributed by atoms with Crippen LogP contribution in [0.5, 0.6) is 0 Å². The highest BCUT2D eigenvalue weighted by Gasteiger charge is 2.21. The number of hydrogen-bond acceptors (Lipinski definition) is 3. The maximum atomic E-state index is 11.7. The SMILES string of the molecule is CCCN1CCC(CNC(=NC)NCCc2cccc(C(=O)NC)c2)C1. The van der Waals surface area contributed by atoms with E-state index in [1.54, 1.807) is 14.1 Å². The molecule has 1 atom stereocenters. The number of nitrogens with one attached hydrogen (secondary N) is 3. The Kier molecular flexibility index (Phi) is 8.41. The third-order valence-electron chi connectivity index (χ3n) is 4.81. The molecule has 144 valence electrons. The molecule has 3 N–H and O–H groups in total. The van der Waals surface area contributed by atoms with Gasteiger partial charge in [0.25, 0.3) is 5.91 Å². The van der Waals surface area contributed by atoms with Crippen LogP contribution in [0.2, 0.25) is 0 Å². The summed E-state index contributed by atoms with van der Waals surface area (Å²) in [6.45, 7) is 7.59. The molecule has 1 aromatic carbocycles. The molecular weight excluding hydrogens is 326 g/mol. The number of guanidine groups is 1. The van der Waals surface area contributed by atoms with Crippen molar-refractivity contribution < 1.29 is 4.79 Å². The zero-order valence-corrected chi connectivity index (χ0v) is 16.3. The second-order valence-corrected chi connectivity index (χ2v) is 6.86. The summed E-state index contributed by atoms with van der Waals surface area (Å²) in [5.41, 5.74) is 1.84. The van der Waals surface area contributed by atoms with Crippen molar-refractivity contribution in [3.8, 4) is 0 Å². The molecule has 0 aromatic heterocycles. The predicted molar refractivity (Wildman–Crippen MR) is 108 cm³/mol. The Morgan fingerprint density at radius 2 is 2.19 bits per heavy atom. The molecule has 1 aliphatic heterocycles. The number of carbonyl (C=O) groups is 1. The number of rotatable bonds is 8. The van der Waals surface area contributed by atoms with Gasteiger partial charge >= 0.3 is 0 Å². The van der Waals surface area contributed by atoms with Crippen molar-refractivity contribution in [3.05, 3.63) is 35.4 Å². The van der Waals surface area contributed by atoms with Gasteiger partial charge in [0.2, 0.25) is 0 Å². The van der Waals surface area contributed by atoms with E-state index in [4.69, 9.17) is 0 Å². The van der Waals surface area contributed by atoms with E-state index >= 15 is 0 Å². The standard InChI is InChI=1S/C20H33N5O/c1-4-11-25-12-9-17(15-25)14-24-20(22-3)23-10-8-16-6-5-7-18(13-16)19(26)21-2/h5-7,13,17H,4,8-12,14-15H2,1-3H3,(H,21,26)(H2,22,23,24). The van der Waals surface area contributed by atoms with Gasteiger partial charge in [-0.1, -0.05) is 19.1 Å². The molecule has 6 heteroatoms. The molecule has 1 fully saturated rings. The van der Waals surface area contributed by atoms with Crippen LogP contribution in [0.1, 0.15) is 35.7 Å². The van der Waals surface area contributed by atoms with Gasteiger partial charge in [-0.25, -0.2) is 0 Å². The van der Waals surface area contributed by atoms with Gasteiger partial charge < -0.3 is 20.9 Å². The molecule has 2 rings (SSSR count). The Labute approximate surface area is 157 Å². The minimum Gasteiger partial charge on any atom is -0.356 e.